The standard InChI is InChI=1S/C15H12N2O3/c18-8-11-7-10(5-6-16-11)15(19)17-13-9-20-14-4-2-1-3-12(13)14/h1-7,9,18H,8H2,(H,17,19). The maximum Gasteiger partial charge on any atom is 0.255 e. The summed E-state index contributed by atoms with van der Waals surface area (Å²) >= 11 is 0. The minimum Gasteiger partial charge on any atom is -0.462 e. The van der Waals surface area contributed by atoms with E-state index in [1.165, 1.54) is 12.5 Å². The summed E-state index contributed by atoms with van der Waals surface area (Å²) in [6.07, 6.45) is 3.00. The van der Waals surface area contributed by atoms with Crippen molar-refractivity contribution in [1.82, 2.24) is 4.98 Å². The fourth-order valence-corrected chi connectivity index (χ4v) is 1.97. The molecule has 0 radical (unpaired) electrons. The molecule has 5 nitrogen and oxygen atoms in total. The van der Waals surface area contributed by atoms with Crippen molar-refractivity contribution in [2.75, 3.05) is 5.32 Å². The molecule has 0 saturated heterocycles. The lowest BCUT2D eigenvalue weighted by molar-refractivity contribution is 0.102. The molecule has 1 aromatic carbocycles. The quantitative estimate of drug-likeness (QED) is 0.765. The summed E-state index contributed by atoms with van der Waals surface area (Å²) in [5, 5.41) is 12.7. The maximum atomic E-state index is 12.2. The van der Waals surface area contributed by atoms with E-state index in [1.807, 2.05) is 24.3 Å². The molecule has 3 aromatic rings. The fraction of sp³-hybridized carbons (Fsp3) is 0.0667. The second-order valence-electron chi connectivity index (χ2n) is 4.29. The molecule has 3 rings (SSSR count). The number of aliphatic hydroxyl groups is 1. The maximum absolute atomic E-state index is 12.2. The van der Waals surface area contributed by atoms with Crippen LogP contribution in [0.25, 0.3) is 11.0 Å². The molecule has 100 valence electrons. The van der Waals surface area contributed by atoms with Gasteiger partial charge < -0.3 is 14.8 Å². The molecule has 2 N–H and O–H groups in total. The van der Waals surface area contributed by atoms with E-state index in [-0.39, 0.29) is 12.5 Å². The van der Waals surface area contributed by atoms with Gasteiger partial charge in [-0.3, -0.25) is 9.78 Å². The summed E-state index contributed by atoms with van der Waals surface area (Å²) in [6.45, 7) is -0.199. The number of pyridine rings is 1. The van der Waals surface area contributed by atoms with E-state index in [2.05, 4.69) is 10.3 Å². The van der Waals surface area contributed by atoms with Crippen LogP contribution in [0.5, 0.6) is 0 Å². The molecule has 0 aliphatic rings. The van der Waals surface area contributed by atoms with Crippen molar-refractivity contribution in [3.63, 3.8) is 0 Å². The normalized spacial score (nSPS) is 10.7. The molecule has 0 aliphatic carbocycles. The van der Waals surface area contributed by atoms with Gasteiger partial charge in [-0.2, -0.15) is 0 Å². The second-order valence-corrected chi connectivity index (χ2v) is 4.29. The minimum atomic E-state index is -0.270. The number of benzene rings is 1. The predicted octanol–water partition coefficient (Wildman–Crippen LogP) is 2.57. The Labute approximate surface area is 114 Å². The van der Waals surface area contributed by atoms with Gasteiger partial charge in [-0.05, 0) is 24.3 Å². The fourth-order valence-electron chi connectivity index (χ4n) is 1.97. The van der Waals surface area contributed by atoms with Crippen LogP contribution >= 0.6 is 0 Å². The van der Waals surface area contributed by atoms with Gasteiger partial charge in [-0.1, -0.05) is 12.1 Å². The lowest BCUT2D eigenvalue weighted by Crippen LogP contribution is -2.12. The zero-order chi connectivity index (χ0) is 13.9. The summed E-state index contributed by atoms with van der Waals surface area (Å²) in [6, 6.07) is 10.6. The van der Waals surface area contributed by atoms with Crippen molar-refractivity contribution in [3.8, 4) is 0 Å². The number of carbonyl (C=O) groups excluding carboxylic acids is 1. The smallest absolute Gasteiger partial charge is 0.255 e. The number of para-hydroxylation sites is 1. The van der Waals surface area contributed by atoms with E-state index in [9.17, 15) is 4.79 Å². The van der Waals surface area contributed by atoms with Crippen LogP contribution in [0.2, 0.25) is 0 Å². The first-order valence-corrected chi connectivity index (χ1v) is 6.11. The zero-order valence-electron chi connectivity index (χ0n) is 10.5. The largest absolute Gasteiger partial charge is 0.462 e. The molecule has 0 atom stereocenters. The number of rotatable bonds is 3. The first kappa shape index (κ1) is 12.4. The van der Waals surface area contributed by atoms with E-state index >= 15 is 0 Å². The van der Waals surface area contributed by atoms with Gasteiger partial charge in [0.1, 0.15) is 11.8 Å². The lowest BCUT2D eigenvalue weighted by Gasteiger charge is -2.04. The minimum absolute atomic E-state index is 0.199. The average Bonchev–Trinajstić information content (AvgIpc) is 2.90. The Morgan fingerprint density at radius 1 is 1.30 bits per heavy atom. The molecule has 0 bridgehead atoms. The number of nitrogens with one attached hydrogen (secondary N) is 1. The summed E-state index contributed by atoms with van der Waals surface area (Å²) in [5.74, 6) is -0.270. The Bertz CT molecular complexity index is 764. The number of anilines is 1. The van der Waals surface area contributed by atoms with Gasteiger partial charge >= 0.3 is 0 Å². The summed E-state index contributed by atoms with van der Waals surface area (Å²) in [4.78, 5) is 16.1. The molecule has 20 heavy (non-hydrogen) atoms. The van der Waals surface area contributed by atoms with Crippen LogP contribution in [0.15, 0.2) is 53.3 Å². The van der Waals surface area contributed by atoms with Gasteiger partial charge in [0.05, 0.1) is 18.0 Å². The van der Waals surface area contributed by atoms with Gasteiger partial charge in [0, 0.05) is 17.1 Å². The number of nitrogens with zero attached hydrogens (tertiary/aromatic N) is 1. The summed E-state index contributed by atoms with van der Waals surface area (Å²) in [7, 11) is 0. The Kier molecular flexibility index (Phi) is 3.18. The molecule has 0 spiro atoms. The summed E-state index contributed by atoms with van der Waals surface area (Å²) in [5.41, 5.74) is 2.23. The van der Waals surface area contributed by atoms with Gasteiger partial charge in [0.25, 0.3) is 5.91 Å². The van der Waals surface area contributed by atoms with E-state index in [0.717, 1.165) is 5.39 Å². The summed E-state index contributed by atoms with van der Waals surface area (Å²) < 4.78 is 5.36. The number of aliphatic hydroxyl groups excluding tert-OH is 1. The van der Waals surface area contributed by atoms with Crippen molar-refractivity contribution in [1.29, 1.82) is 0 Å². The topological polar surface area (TPSA) is 75.4 Å². The highest BCUT2D eigenvalue weighted by Gasteiger charge is 2.11. The van der Waals surface area contributed by atoms with Crippen molar-refractivity contribution in [3.05, 3.63) is 60.1 Å². The Hall–Kier alpha value is -2.66. The predicted molar refractivity (Wildman–Crippen MR) is 74.3 cm³/mol. The third kappa shape index (κ3) is 2.26. The number of fused-ring (bicyclic) bond motifs is 1. The highest BCUT2D eigenvalue weighted by Crippen LogP contribution is 2.25. The molecule has 1 amide bonds. The highest BCUT2D eigenvalue weighted by atomic mass is 16.3. The van der Waals surface area contributed by atoms with Crippen LogP contribution in [-0.2, 0) is 6.61 Å². The molecular weight excluding hydrogens is 256 g/mol. The van der Waals surface area contributed by atoms with Gasteiger partial charge in [0.15, 0.2) is 0 Å². The van der Waals surface area contributed by atoms with Crippen LogP contribution in [0, 0.1) is 0 Å². The SMILES string of the molecule is O=C(Nc1coc2ccccc12)c1ccnc(CO)c1. The number of hydrogen-bond donors (Lipinski definition) is 2. The van der Waals surface area contributed by atoms with E-state index in [0.29, 0.717) is 22.5 Å². The lowest BCUT2D eigenvalue weighted by atomic mass is 10.2. The third-order valence-electron chi connectivity index (χ3n) is 2.97. The first-order valence-electron chi connectivity index (χ1n) is 6.11. The van der Waals surface area contributed by atoms with Crippen LogP contribution < -0.4 is 5.32 Å². The molecule has 0 fully saturated rings. The molecule has 5 heteroatoms. The highest BCUT2D eigenvalue weighted by molar-refractivity contribution is 6.08. The number of carbonyl (C=O) groups is 1. The second kappa shape index (κ2) is 5.14. The number of aromatic nitrogens is 1. The average molecular weight is 268 g/mol. The number of furan rings is 1. The van der Waals surface area contributed by atoms with Crippen molar-refractivity contribution < 1.29 is 14.3 Å². The monoisotopic (exact) mass is 268 g/mol. The zero-order valence-corrected chi connectivity index (χ0v) is 10.5. The molecule has 0 aliphatic heterocycles. The van der Waals surface area contributed by atoms with Crippen molar-refractivity contribution in [2.24, 2.45) is 0 Å². The van der Waals surface area contributed by atoms with Gasteiger partial charge in [0.2, 0.25) is 0 Å². The van der Waals surface area contributed by atoms with E-state index < -0.39 is 0 Å². The number of amides is 1. The first-order chi connectivity index (χ1) is 9.78. The van der Waals surface area contributed by atoms with E-state index in [1.54, 1.807) is 12.1 Å². The Morgan fingerprint density at radius 3 is 3.00 bits per heavy atom. The van der Waals surface area contributed by atoms with E-state index in [4.69, 9.17) is 9.52 Å². The van der Waals surface area contributed by atoms with Gasteiger partial charge in [-0.15, -0.1) is 0 Å². The molecule has 2 aromatic heterocycles. The van der Waals surface area contributed by atoms with Crippen LogP contribution in [0.4, 0.5) is 5.69 Å². The number of hydrogen-bond acceptors (Lipinski definition) is 4. The van der Waals surface area contributed by atoms with Crippen LogP contribution in [-0.4, -0.2) is 16.0 Å². The third-order valence-corrected chi connectivity index (χ3v) is 2.97. The van der Waals surface area contributed by atoms with Crippen molar-refractivity contribution in [2.45, 2.75) is 6.61 Å². The van der Waals surface area contributed by atoms with Crippen molar-refractivity contribution >= 4 is 22.6 Å². The Morgan fingerprint density at radius 2 is 2.15 bits per heavy atom. The molecule has 2 heterocycles. The van der Waals surface area contributed by atoms with Gasteiger partial charge in [-0.25, -0.2) is 0 Å². The molecular formula is C15H12N2O3. The van der Waals surface area contributed by atoms with Crippen LogP contribution in [0.3, 0.4) is 0 Å². The molecule has 0 unspecified atom stereocenters. The molecule has 0 saturated carbocycles. The Balaban J connectivity index is 1.88. The van der Waals surface area contributed by atoms with Crippen LogP contribution in [0.1, 0.15) is 16.1 Å².